The molecule has 1 N–H and O–H groups in total. The Balaban J connectivity index is 1.61. The minimum Gasteiger partial charge on any atom is -0.250 e. The predicted octanol–water partition coefficient (Wildman–Crippen LogP) is 4.64. The highest BCUT2D eigenvalue weighted by molar-refractivity contribution is 7.71. The van der Waals surface area contributed by atoms with Crippen LogP contribution < -0.4 is 0 Å². The lowest BCUT2D eigenvalue weighted by atomic mass is 9.86. The van der Waals surface area contributed by atoms with Gasteiger partial charge in [0.15, 0.2) is 5.82 Å². The van der Waals surface area contributed by atoms with Gasteiger partial charge >= 0.3 is 0 Å². The minimum atomic E-state index is 0.535. The van der Waals surface area contributed by atoms with Gasteiger partial charge in [-0.25, -0.2) is 0 Å². The topological polar surface area (TPSA) is 46.0 Å². The van der Waals surface area contributed by atoms with Crippen molar-refractivity contribution >= 4 is 18.4 Å². The number of allylic oxidation sites excluding steroid dienone is 2. The first kappa shape index (κ1) is 15.7. The Morgan fingerprint density at radius 2 is 2.14 bits per heavy atom. The van der Waals surface area contributed by atoms with Crippen molar-refractivity contribution in [2.24, 2.45) is 16.9 Å². The maximum atomic E-state index is 5.33. The fraction of sp³-hybridized carbons (Fsp3) is 0.706. The second kappa shape index (κ2) is 7.86. The highest BCUT2D eigenvalue weighted by Gasteiger charge is 2.15. The summed E-state index contributed by atoms with van der Waals surface area (Å²) in [5, 5.41) is 11.9. The van der Waals surface area contributed by atoms with Gasteiger partial charge in [-0.1, -0.05) is 44.3 Å². The van der Waals surface area contributed by atoms with E-state index in [0.29, 0.717) is 10.7 Å². The Labute approximate surface area is 137 Å². The zero-order valence-corrected chi connectivity index (χ0v) is 14.0. The van der Waals surface area contributed by atoms with Gasteiger partial charge < -0.3 is 0 Å². The van der Waals surface area contributed by atoms with E-state index < -0.39 is 0 Å². The third-order valence-corrected chi connectivity index (χ3v) is 5.19. The molecule has 2 aliphatic carbocycles. The van der Waals surface area contributed by atoms with Crippen LogP contribution in [0.1, 0.15) is 63.6 Å². The molecule has 120 valence electrons. The second-order valence-electron chi connectivity index (χ2n) is 6.61. The third-order valence-electron chi connectivity index (χ3n) is 4.92. The van der Waals surface area contributed by atoms with Gasteiger partial charge in [0.05, 0.1) is 0 Å². The van der Waals surface area contributed by atoms with Gasteiger partial charge in [0.2, 0.25) is 4.77 Å². The van der Waals surface area contributed by atoms with Crippen LogP contribution in [0.25, 0.3) is 0 Å². The summed E-state index contributed by atoms with van der Waals surface area (Å²) < 4.78 is 2.44. The predicted molar refractivity (Wildman–Crippen MR) is 92.7 cm³/mol. The van der Waals surface area contributed by atoms with E-state index in [4.69, 9.17) is 12.2 Å². The summed E-state index contributed by atoms with van der Waals surface area (Å²) in [5.74, 6) is 2.38. The molecule has 0 saturated heterocycles. The Bertz CT molecular complexity index is 578. The molecule has 0 amide bonds. The van der Waals surface area contributed by atoms with Crippen molar-refractivity contribution in [3.63, 3.8) is 0 Å². The van der Waals surface area contributed by atoms with Crippen LogP contribution in [-0.2, 0) is 6.42 Å². The monoisotopic (exact) mass is 318 g/mol. The van der Waals surface area contributed by atoms with Gasteiger partial charge in [-0.2, -0.15) is 14.9 Å². The van der Waals surface area contributed by atoms with Crippen LogP contribution in [0, 0.1) is 16.6 Å². The van der Waals surface area contributed by atoms with E-state index in [-0.39, 0.29) is 0 Å². The zero-order chi connectivity index (χ0) is 15.2. The first-order valence-electron chi connectivity index (χ1n) is 8.68. The summed E-state index contributed by atoms with van der Waals surface area (Å²) in [6.45, 7) is 0. The van der Waals surface area contributed by atoms with E-state index in [0.717, 1.165) is 31.0 Å². The SMILES string of the molecule is S=c1[nH]nc(CCC2CCCCC2)n1/N=C\[C@@H]1CC=CCC1. The molecule has 0 bridgehead atoms. The first-order valence-corrected chi connectivity index (χ1v) is 9.09. The van der Waals surface area contributed by atoms with E-state index in [2.05, 4.69) is 33.7 Å². The number of aryl methyl sites for hydroxylation is 1. The molecule has 22 heavy (non-hydrogen) atoms. The number of hydrogen-bond acceptors (Lipinski definition) is 3. The standard InChI is InChI=1S/C17H26N4S/c22-17-20-19-16(12-11-14-7-3-1-4-8-14)21(17)18-13-15-9-5-2-6-10-15/h2,5,13-15H,1,3-4,6-12H2,(H,20,22)/b18-13-/t15-/m1/s1. The van der Waals surface area contributed by atoms with E-state index in [1.807, 2.05) is 4.68 Å². The summed E-state index contributed by atoms with van der Waals surface area (Å²) in [6.07, 6.45) is 19.1. The number of H-pyrrole nitrogens is 1. The van der Waals surface area contributed by atoms with Crippen molar-refractivity contribution in [3.05, 3.63) is 22.7 Å². The van der Waals surface area contributed by atoms with Crippen LogP contribution in [0.5, 0.6) is 0 Å². The lowest BCUT2D eigenvalue weighted by Crippen LogP contribution is -2.10. The fourth-order valence-electron chi connectivity index (χ4n) is 3.53. The van der Waals surface area contributed by atoms with Crippen LogP contribution in [0.4, 0.5) is 0 Å². The Hall–Kier alpha value is -1.23. The van der Waals surface area contributed by atoms with E-state index in [1.165, 1.54) is 44.9 Å². The highest BCUT2D eigenvalue weighted by Crippen LogP contribution is 2.27. The summed E-state index contributed by atoms with van der Waals surface area (Å²) >= 11 is 5.33. The lowest BCUT2D eigenvalue weighted by molar-refractivity contribution is 0.336. The normalized spacial score (nSPS) is 23.4. The molecule has 4 nitrogen and oxygen atoms in total. The molecule has 0 unspecified atom stereocenters. The zero-order valence-electron chi connectivity index (χ0n) is 13.2. The molecule has 1 heterocycles. The van der Waals surface area contributed by atoms with Gasteiger partial charge in [0, 0.05) is 12.6 Å². The van der Waals surface area contributed by atoms with Gasteiger partial charge in [-0.05, 0) is 49.7 Å². The number of aromatic nitrogens is 3. The average Bonchev–Trinajstić information content (AvgIpc) is 2.93. The Morgan fingerprint density at radius 3 is 2.91 bits per heavy atom. The van der Waals surface area contributed by atoms with Crippen LogP contribution in [0.15, 0.2) is 17.3 Å². The van der Waals surface area contributed by atoms with Crippen LogP contribution in [0.2, 0.25) is 0 Å². The summed E-state index contributed by atoms with van der Waals surface area (Å²) in [5.41, 5.74) is 0. The summed E-state index contributed by atoms with van der Waals surface area (Å²) in [4.78, 5) is 0. The number of nitrogens with zero attached hydrogens (tertiary/aromatic N) is 3. The van der Waals surface area contributed by atoms with Crippen molar-refractivity contribution in [1.82, 2.24) is 14.9 Å². The van der Waals surface area contributed by atoms with Crippen molar-refractivity contribution in [1.29, 1.82) is 0 Å². The van der Waals surface area contributed by atoms with Crippen molar-refractivity contribution in [3.8, 4) is 0 Å². The molecule has 1 aromatic rings. The molecule has 1 atom stereocenters. The van der Waals surface area contributed by atoms with Gasteiger partial charge in [-0.3, -0.25) is 5.10 Å². The highest BCUT2D eigenvalue weighted by atomic mass is 32.1. The van der Waals surface area contributed by atoms with E-state index >= 15 is 0 Å². The van der Waals surface area contributed by atoms with Gasteiger partial charge in [-0.15, -0.1) is 0 Å². The van der Waals surface area contributed by atoms with E-state index in [9.17, 15) is 0 Å². The van der Waals surface area contributed by atoms with Crippen molar-refractivity contribution in [2.75, 3.05) is 0 Å². The van der Waals surface area contributed by atoms with Crippen LogP contribution >= 0.6 is 12.2 Å². The molecule has 5 heteroatoms. The number of aromatic amines is 1. The molecule has 0 aromatic carbocycles. The molecule has 0 aliphatic heterocycles. The number of nitrogens with one attached hydrogen (secondary N) is 1. The number of rotatable bonds is 5. The second-order valence-corrected chi connectivity index (χ2v) is 7.00. The molecule has 1 fully saturated rings. The lowest BCUT2D eigenvalue weighted by Gasteiger charge is -2.20. The van der Waals surface area contributed by atoms with E-state index in [1.54, 1.807) is 0 Å². The Kier molecular flexibility index (Phi) is 5.59. The molecule has 0 radical (unpaired) electrons. The molecular formula is C17H26N4S. The minimum absolute atomic E-state index is 0.535. The van der Waals surface area contributed by atoms with Crippen LogP contribution in [0.3, 0.4) is 0 Å². The van der Waals surface area contributed by atoms with Gasteiger partial charge in [0.25, 0.3) is 0 Å². The molecule has 1 saturated carbocycles. The van der Waals surface area contributed by atoms with Crippen molar-refractivity contribution in [2.45, 2.75) is 64.2 Å². The average molecular weight is 318 g/mol. The maximum absolute atomic E-state index is 5.33. The largest absolute Gasteiger partial charge is 0.250 e. The summed E-state index contributed by atoms with van der Waals surface area (Å²) in [7, 11) is 0. The molecule has 3 rings (SSSR count). The third kappa shape index (κ3) is 4.15. The van der Waals surface area contributed by atoms with Crippen LogP contribution in [-0.4, -0.2) is 21.1 Å². The quantitative estimate of drug-likeness (QED) is 0.488. The maximum Gasteiger partial charge on any atom is 0.216 e. The summed E-state index contributed by atoms with van der Waals surface area (Å²) in [6, 6.07) is 0. The number of hydrogen-bond donors (Lipinski definition) is 1. The molecule has 2 aliphatic rings. The smallest absolute Gasteiger partial charge is 0.216 e. The van der Waals surface area contributed by atoms with Gasteiger partial charge in [0.1, 0.15) is 0 Å². The molecule has 1 aromatic heterocycles. The fourth-order valence-corrected chi connectivity index (χ4v) is 3.73. The molecule has 0 spiro atoms. The first-order chi connectivity index (χ1) is 10.8. The molecular weight excluding hydrogens is 292 g/mol. The van der Waals surface area contributed by atoms with Crippen molar-refractivity contribution < 1.29 is 0 Å². The Morgan fingerprint density at radius 1 is 1.27 bits per heavy atom.